The first-order valence-corrected chi connectivity index (χ1v) is 18.2. The minimum Gasteiger partial charge on any atom is -0.508 e. The maximum atomic E-state index is 14.1. The second-order valence-corrected chi connectivity index (χ2v) is 16.0. The van der Waals surface area contributed by atoms with Gasteiger partial charge in [0.25, 0.3) is 0 Å². The first kappa shape index (κ1) is 41.2. The Morgan fingerprint density at radius 2 is 1.39 bits per heavy atom. The van der Waals surface area contributed by atoms with Gasteiger partial charge in [0.1, 0.15) is 24.1 Å². The summed E-state index contributed by atoms with van der Waals surface area (Å²) in [5.41, 5.74) is 5.14. The monoisotopic (exact) mass is 662 g/mol. The molecule has 46 heavy (non-hydrogen) atoms. The van der Waals surface area contributed by atoms with Crippen molar-refractivity contribution in [3.05, 3.63) is 58.1 Å². The molecule has 3 N–H and O–H groups in total. The lowest BCUT2D eigenvalue weighted by Gasteiger charge is -2.28. The fourth-order valence-corrected chi connectivity index (χ4v) is 6.32. The van der Waals surface area contributed by atoms with Crippen molar-refractivity contribution in [2.45, 2.75) is 121 Å². The van der Waals surface area contributed by atoms with E-state index in [1.54, 1.807) is 33.8 Å². The summed E-state index contributed by atoms with van der Waals surface area (Å²) in [7, 11) is -3.65. The second kappa shape index (κ2) is 19.1. The van der Waals surface area contributed by atoms with Gasteiger partial charge in [0.2, 0.25) is 7.44 Å². The van der Waals surface area contributed by atoms with Crippen LogP contribution in [-0.2, 0) is 30.0 Å². The van der Waals surface area contributed by atoms with Gasteiger partial charge in [-0.2, -0.15) is 0 Å². The van der Waals surface area contributed by atoms with E-state index in [1.165, 1.54) is 0 Å². The molecule has 0 saturated carbocycles. The molecule has 0 spiro atoms. The largest absolute Gasteiger partial charge is 0.508 e. The molecule has 0 bridgehead atoms. The summed E-state index contributed by atoms with van der Waals surface area (Å²) in [4.78, 5) is 25.1. The standard InChI is InChI=1S/C32H49N2O7P.C4H10/c1-19(2)27-15-25(11-12-29(27)35)16-28-23(9)13-26(14-24(28)10)39-18-42(38,33-17-30(36)40-21(5)6)34-31(20(3)4)32(37)41-22(7)8;1-4(2)3/h11-15,19-22,31,35H,16-18H2,1-10H3,(H2,33,34,38);4H,1-3H3/t31-,42?;/m0./s1. The summed E-state index contributed by atoms with van der Waals surface area (Å²) in [6.45, 7) is 24.9. The first-order valence-electron chi connectivity index (χ1n) is 16.3. The third kappa shape index (κ3) is 14.7. The zero-order valence-corrected chi connectivity index (χ0v) is 31.2. The maximum Gasteiger partial charge on any atom is 0.324 e. The van der Waals surface area contributed by atoms with Crippen molar-refractivity contribution >= 4 is 19.4 Å². The average molecular weight is 663 g/mol. The molecule has 0 amide bonds. The van der Waals surface area contributed by atoms with Gasteiger partial charge in [-0.05, 0) is 112 Å². The van der Waals surface area contributed by atoms with Gasteiger partial charge in [-0.25, -0.2) is 10.2 Å². The van der Waals surface area contributed by atoms with E-state index < -0.39 is 25.4 Å². The lowest BCUT2D eigenvalue weighted by Crippen LogP contribution is -2.45. The summed E-state index contributed by atoms with van der Waals surface area (Å²) in [5, 5.41) is 15.9. The number of ether oxygens (including phenoxy) is 3. The molecular weight excluding hydrogens is 603 g/mol. The van der Waals surface area contributed by atoms with Gasteiger partial charge in [-0.15, -0.1) is 0 Å². The van der Waals surface area contributed by atoms with Crippen LogP contribution in [-0.4, -0.2) is 48.2 Å². The van der Waals surface area contributed by atoms with Crippen molar-refractivity contribution in [1.82, 2.24) is 10.2 Å². The van der Waals surface area contributed by atoms with Crippen LogP contribution in [0.1, 0.15) is 110 Å². The molecule has 260 valence electrons. The lowest BCUT2D eigenvalue weighted by molar-refractivity contribution is -0.150. The number of carbonyl (C=O) groups excluding carboxylic acids is 2. The van der Waals surface area contributed by atoms with E-state index in [9.17, 15) is 19.3 Å². The molecule has 2 atom stereocenters. The Labute approximate surface area is 277 Å². The number of aryl methyl sites for hydroxylation is 2. The fourth-order valence-electron chi connectivity index (χ4n) is 4.49. The Balaban J connectivity index is 0.00000249. The molecule has 2 aromatic rings. The number of rotatable bonds is 15. The summed E-state index contributed by atoms with van der Waals surface area (Å²) in [6.07, 6.45) is -0.289. The number of phenolic OH excluding ortho intramolecular Hbond substituents is 1. The predicted octanol–water partition coefficient (Wildman–Crippen LogP) is 8.02. The molecule has 0 saturated heterocycles. The van der Waals surface area contributed by atoms with Crippen LogP contribution in [0.2, 0.25) is 0 Å². The molecule has 0 heterocycles. The summed E-state index contributed by atoms with van der Waals surface area (Å²) < 4.78 is 30.7. The van der Waals surface area contributed by atoms with Crippen molar-refractivity contribution in [1.29, 1.82) is 0 Å². The topological polar surface area (TPSA) is 123 Å². The molecule has 2 rings (SSSR count). The summed E-state index contributed by atoms with van der Waals surface area (Å²) in [6, 6.07) is 8.59. The van der Waals surface area contributed by atoms with Crippen LogP contribution >= 0.6 is 7.44 Å². The fraction of sp³-hybridized carbons (Fsp3) is 0.611. The first-order chi connectivity index (χ1) is 21.2. The van der Waals surface area contributed by atoms with Gasteiger partial charge < -0.3 is 19.3 Å². The molecule has 10 heteroatoms. The molecule has 0 aliphatic rings. The van der Waals surface area contributed by atoms with Gasteiger partial charge in [-0.3, -0.25) is 14.2 Å². The van der Waals surface area contributed by atoms with Gasteiger partial charge in [0.05, 0.1) is 12.2 Å². The number of benzene rings is 2. The van der Waals surface area contributed by atoms with Gasteiger partial charge >= 0.3 is 11.9 Å². The SMILES string of the molecule is CC(C)C.Cc1cc(OCP(=O)(NCC(=O)OC(C)C)N[C@H](C(=O)OC(C)C)C(C)C)cc(C)c1Cc1ccc(O)c(C(C)C)c1. The van der Waals surface area contributed by atoms with Crippen molar-refractivity contribution in [2.24, 2.45) is 11.8 Å². The third-order valence-electron chi connectivity index (χ3n) is 6.64. The zero-order valence-electron chi connectivity index (χ0n) is 30.3. The number of carbonyl (C=O) groups is 2. The quantitative estimate of drug-likeness (QED) is 0.128. The Kier molecular flexibility index (Phi) is 17.1. The van der Waals surface area contributed by atoms with E-state index in [0.29, 0.717) is 17.9 Å². The van der Waals surface area contributed by atoms with Crippen LogP contribution in [0, 0.1) is 25.7 Å². The van der Waals surface area contributed by atoms with E-state index in [4.69, 9.17) is 14.2 Å². The highest BCUT2D eigenvalue weighted by Crippen LogP contribution is 2.39. The number of hydrogen-bond donors (Lipinski definition) is 3. The number of aromatic hydroxyl groups is 1. The molecule has 0 aromatic heterocycles. The summed E-state index contributed by atoms with van der Waals surface area (Å²) >= 11 is 0. The van der Waals surface area contributed by atoms with Crippen LogP contribution in [0.3, 0.4) is 0 Å². The highest BCUT2D eigenvalue weighted by atomic mass is 31.2. The third-order valence-corrected chi connectivity index (χ3v) is 8.50. The van der Waals surface area contributed by atoms with Crippen molar-refractivity contribution in [3.63, 3.8) is 0 Å². The normalized spacial score (nSPS) is 13.4. The molecule has 2 aromatic carbocycles. The van der Waals surface area contributed by atoms with Crippen molar-refractivity contribution < 1.29 is 33.5 Å². The van der Waals surface area contributed by atoms with Crippen molar-refractivity contribution in [2.75, 3.05) is 12.9 Å². The Hall–Kier alpha value is -2.87. The van der Waals surface area contributed by atoms with Crippen LogP contribution in [0.25, 0.3) is 0 Å². The summed E-state index contributed by atoms with van der Waals surface area (Å²) in [5.74, 6) is 0.514. The predicted molar refractivity (Wildman–Crippen MR) is 187 cm³/mol. The Bertz CT molecular complexity index is 1300. The molecule has 0 aliphatic heterocycles. The molecule has 0 aliphatic carbocycles. The molecular formula is C36H59N2O7P. The lowest BCUT2D eigenvalue weighted by atomic mass is 9.93. The van der Waals surface area contributed by atoms with Crippen LogP contribution in [0.4, 0.5) is 0 Å². The molecule has 1 unspecified atom stereocenters. The average Bonchev–Trinajstić information content (AvgIpc) is 2.91. The number of nitrogens with one attached hydrogen (secondary N) is 2. The van der Waals surface area contributed by atoms with E-state index in [2.05, 4.69) is 30.9 Å². The van der Waals surface area contributed by atoms with Crippen LogP contribution in [0.15, 0.2) is 30.3 Å². The molecule has 9 nitrogen and oxygen atoms in total. The second-order valence-electron chi connectivity index (χ2n) is 13.7. The van der Waals surface area contributed by atoms with Gasteiger partial charge in [0, 0.05) is 0 Å². The van der Waals surface area contributed by atoms with E-state index in [-0.39, 0.29) is 36.9 Å². The highest BCUT2D eigenvalue weighted by Gasteiger charge is 2.34. The van der Waals surface area contributed by atoms with Crippen molar-refractivity contribution in [3.8, 4) is 11.5 Å². The van der Waals surface area contributed by atoms with Gasteiger partial charge in [-0.1, -0.05) is 60.6 Å². The number of phenols is 1. The van der Waals surface area contributed by atoms with E-state index >= 15 is 0 Å². The minimum absolute atomic E-state index is 0.204. The number of esters is 2. The van der Waals surface area contributed by atoms with E-state index in [1.807, 2.05) is 65.8 Å². The molecule has 0 radical (unpaired) electrons. The minimum atomic E-state index is -3.65. The number of hydrogen-bond acceptors (Lipinski definition) is 7. The van der Waals surface area contributed by atoms with Gasteiger partial charge in [0.15, 0.2) is 6.35 Å². The molecule has 0 fully saturated rings. The highest BCUT2D eigenvalue weighted by molar-refractivity contribution is 7.59. The zero-order chi connectivity index (χ0) is 35.4. The Morgan fingerprint density at radius 3 is 1.87 bits per heavy atom. The maximum absolute atomic E-state index is 14.1. The van der Waals surface area contributed by atoms with Crippen LogP contribution in [0.5, 0.6) is 11.5 Å². The Morgan fingerprint density at radius 1 is 0.848 bits per heavy atom. The van der Waals surface area contributed by atoms with Crippen LogP contribution < -0.4 is 14.9 Å². The van der Waals surface area contributed by atoms with E-state index in [0.717, 1.165) is 33.7 Å². The smallest absolute Gasteiger partial charge is 0.324 e.